The second-order valence-electron chi connectivity index (χ2n) is 7.86. The van der Waals surface area contributed by atoms with Crippen LogP contribution in [0.15, 0.2) is 58.7 Å². The SMILES string of the molecule is COc1cc(/C=N\n2cnc3sc4c(c3c2=O)CCCC4)ccc1OCc1ccc(Cl)cc1. The third kappa shape index (κ3) is 4.51. The van der Waals surface area contributed by atoms with Gasteiger partial charge in [-0.25, -0.2) is 4.98 Å². The fourth-order valence-corrected chi connectivity index (χ4v) is 5.32. The molecule has 6 nitrogen and oxygen atoms in total. The maximum atomic E-state index is 13.1. The van der Waals surface area contributed by atoms with Crippen molar-refractivity contribution < 1.29 is 9.47 Å². The standard InChI is InChI=1S/C25H22ClN3O3S/c1-31-21-12-17(8-11-20(21)32-14-16-6-9-18(26)10-7-16)13-28-29-15-27-24-23(25(29)30)19-4-2-3-5-22(19)33-24/h6-13,15H,2-5,14H2,1H3/b28-13-. The summed E-state index contributed by atoms with van der Waals surface area (Å²) in [4.78, 5) is 19.6. The van der Waals surface area contributed by atoms with Crippen LogP contribution in [0.1, 0.15) is 34.4 Å². The molecule has 0 atom stereocenters. The Morgan fingerprint density at radius 3 is 2.79 bits per heavy atom. The number of rotatable bonds is 6. The zero-order valence-electron chi connectivity index (χ0n) is 18.1. The number of benzene rings is 2. The van der Waals surface area contributed by atoms with Crippen LogP contribution in [0.4, 0.5) is 0 Å². The first-order chi connectivity index (χ1) is 16.1. The van der Waals surface area contributed by atoms with Crippen molar-refractivity contribution in [2.24, 2.45) is 5.10 Å². The van der Waals surface area contributed by atoms with E-state index in [1.807, 2.05) is 42.5 Å². The van der Waals surface area contributed by atoms with E-state index in [0.717, 1.165) is 46.2 Å². The Hall–Kier alpha value is -3.16. The molecular formula is C25H22ClN3O3S. The molecule has 2 aromatic carbocycles. The van der Waals surface area contributed by atoms with Crippen molar-refractivity contribution in [1.82, 2.24) is 9.66 Å². The van der Waals surface area contributed by atoms with Crippen LogP contribution >= 0.6 is 22.9 Å². The lowest BCUT2D eigenvalue weighted by molar-refractivity contribution is 0.284. The molecule has 0 unspecified atom stereocenters. The summed E-state index contributed by atoms with van der Waals surface area (Å²) in [6.45, 7) is 0.396. The Balaban J connectivity index is 1.37. The van der Waals surface area contributed by atoms with Crippen LogP contribution in [0.2, 0.25) is 5.02 Å². The van der Waals surface area contributed by atoms with Gasteiger partial charge in [-0.05, 0) is 72.7 Å². The van der Waals surface area contributed by atoms with E-state index in [1.165, 1.54) is 22.3 Å². The van der Waals surface area contributed by atoms with Crippen molar-refractivity contribution >= 4 is 39.4 Å². The molecule has 0 fully saturated rings. The zero-order chi connectivity index (χ0) is 22.8. The molecule has 4 aromatic rings. The first-order valence-corrected chi connectivity index (χ1v) is 11.9. The molecule has 0 bridgehead atoms. The summed E-state index contributed by atoms with van der Waals surface area (Å²) in [5.41, 5.74) is 2.83. The lowest BCUT2D eigenvalue weighted by atomic mass is 9.97. The van der Waals surface area contributed by atoms with Crippen molar-refractivity contribution in [2.75, 3.05) is 7.11 Å². The molecule has 5 rings (SSSR count). The van der Waals surface area contributed by atoms with E-state index in [0.29, 0.717) is 23.1 Å². The minimum Gasteiger partial charge on any atom is -0.493 e. The zero-order valence-corrected chi connectivity index (χ0v) is 19.7. The van der Waals surface area contributed by atoms with E-state index in [2.05, 4.69) is 10.1 Å². The fourth-order valence-electron chi connectivity index (χ4n) is 3.97. The summed E-state index contributed by atoms with van der Waals surface area (Å²) in [7, 11) is 1.59. The number of hydrogen-bond acceptors (Lipinski definition) is 6. The van der Waals surface area contributed by atoms with E-state index in [1.54, 1.807) is 24.7 Å². The first-order valence-electron chi connectivity index (χ1n) is 10.7. The van der Waals surface area contributed by atoms with Crippen LogP contribution in [-0.2, 0) is 19.4 Å². The van der Waals surface area contributed by atoms with Gasteiger partial charge in [0.25, 0.3) is 5.56 Å². The van der Waals surface area contributed by atoms with Crippen LogP contribution in [0.3, 0.4) is 0 Å². The number of ether oxygens (including phenoxy) is 2. The van der Waals surface area contributed by atoms with E-state index in [-0.39, 0.29) is 5.56 Å². The summed E-state index contributed by atoms with van der Waals surface area (Å²) in [5, 5.41) is 5.78. The Labute approximate surface area is 200 Å². The van der Waals surface area contributed by atoms with Gasteiger partial charge in [-0.3, -0.25) is 4.79 Å². The van der Waals surface area contributed by atoms with Gasteiger partial charge in [0.05, 0.1) is 18.7 Å². The second-order valence-corrected chi connectivity index (χ2v) is 9.38. The highest BCUT2D eigenvalue weighted by molar-refractivity contribution is 7.18. The van der Waals surface area contributed by atoms with Crippen molar-refractivity contribution in [2.45, 2.75) is 32.3 Å². The van der Waals surface area contributed by atoms with Gasteiger partial charge in [0.15, 0.2) is 11.5 Å². The lowest BCUT2D eigenvalue weighted by Gasteiger charge is -2.11. The van der Waals surface area contributed by atoms with Crippen molar-refractivity contribution in [3.63, 3.8) is 0 Å². The van der Waals surface area contributed by atoms with Crippen LogP contribution in [0.25, 0.3) is 10.2 Å². The first kappa shape index (κ1) is 21.7. The number of thiophene rings is 1. The molecule has 2 aromatic heterocycles. The van der Waals surface area contributed by atoms with E-state index in [9.17, 15) is 4.79 Å². The summed E-state index contributed by atoms with van der Waals surface area (Å²) in [6, 6.07) is 13.0. The molecule has 168 valence electrons. The molecule has 8 heteroatoms. The molecule has 1 aliphatic rings. The molecule has 0 amide bonds. The molecule has 2 heterocycles. The van der Waals surface area contributed by atoms with Gasteiger partial charge in [-0.15, -0.1) is 11.3 Å². The van der Waals surface area contributed by atoms with E-state index < -0.39 is 0 Å². The fraction of sp³-hybridized carbons (Fsp3) is 0.240. The number of nitrogens with zero attached hydrogens (tertiary/aromatic N) is 3. The van der Waals surface area contributed by atoms with Gasteiger partial charge in [0.1, 0.15) is 17.8 Å². The molecule has 1 aliphatic carbocycles. The molecule has 0 N–H and O–H groups in total. The maximum absolute atomic E-state index is 13.1. The molecule has 33 heavy (non-hydrogen) atoms. The lowest BCUT2D eigenvalue weighted by Crippen LogP contribution is -2.18. The van der Waals surface area contributed by atoms with Crippen LogP contribution < -0.4 is 15.0 Å². The minimum atomic E-state index is -0.120. The van der Waals surface area contributed by atoms with Crippen molar-refractivity contribution in [3.05, 3.63) is 85.7 Å². The third-order valence-corrected chi connectivity index (χ3v) is 7.14. The molecule has 0 aliphatic heterocycles. The number of aromatic nitrogens is 2. The maximum Gasteiger partial charge on any atom is 0.282 e. The highest BCUT2D eigenvalue weighted by atomic mass is 35.5. The van der Waals surface area contributed by atoms with Gasteiger partial charge in [-0.2, -0.15) is 9.78 Å². The van der Waals surface area contributed by atoms with Gasteiger partial charge >= 0.3 is 0 Å². The van der Waals surface area contributed by atoms with Crippen LogP contribution in [0.5, 0.6) is 11.5 Å². The highest BCUT2D eigenvalue weighted by Gasteiger charge is 2.19. The van der Waals surface area contributed by atoms with Gasteiger partial charge in [0.2, 0.25) is 0 Å². The monoisotopic (exact) mass is 479 g/mol. The van der Waals surface area contributed by atoms with E-state index in [4.69, 9.17) is 21.1 Å². The summed E-state index contributed by atoms with van der Waals surface area (Å²) in [6.07, 6.45) is 7.37. The number of hydrogen-bond donors (Lipinski definition) is 0. The van der Waals surface area contributed by atoms with Crippen LogP contribution in [-0.4, -0.2) is 23.0 Å². The predicted octanol–water partition coefficient (Wildman–Crippen LogP) is 5.46. The Bertz CT molecular complexity index is 1390. The summed E-state index contributed by atoms with van der Waals surface area (Å²) >= 11 is 7.57. The average molecular weight is 480 g/mol. The smallest absolute Gasteiger partial charge is 0.282 e. The van der Waals surface area contributed by atoms with Crippen molar-refractivity contribution in [1.29, 1.82) is 0 Å². The minimum absolute atomic E-state index is 0.120. The van der Waals surface area contributed by atoms with Gasteiger partial charge in [-0.1, -0.05) is 23.7 Å². The quantitative estimate of drug-likeness (QED) is 0.344. The predicted molar refractivity (Wildman–Crippen MR) is 132 cm³/mol. The summed E-state index contributed by atoms with van der Waals surface area (Å²) in [5.74, 6) is 1.20. The largest absolute Gasteiger partial charge is 0.493 e. The van der Waals surface area contributed by atoms with Crippen molar-refractivity contribution in [3.8, 4) is 11.5 Å². The van der Waals surface area contributed by atoms with Gasteiger partial charge < -0.3 is 9.47 Å². The Morgan fingerprint density at radius 1 is 1.15 bits per heavy atom. The third-order valence-electron chi connectivity index (χ3n) is 5.69. The molecule has 0 spiro atoms. The Morgan fingerprint density at radius 2 is 1.97 bits per heavy atom. The van der Waals surface area contributed by atoms with Crippen LogP contribution in [0, 0.1) is 0 Å². The molecular weight excluding hydrogens is 458 g/mol. The normalized spacial score (nSPS) is 13.4. The molecule has 0 saturated heterocycles. The highest BCUT2D eigenvalue weighted by Crippen LogP contribution is 2.33. The molecule has 0 saturated carbocycles. The summed E-state index contributed by atoms with van der Waals surface area (Å²) < 4.78 is 12.7. The number of aryl methyl sites for hydroxylation is 2. The second kappa shape index (κ2) is 9.37. The number of fused-ring (bicyclic) bond motifs is 3. The number of halogens is 1. The van der Waals surface area contributed by atoms with Gasteiger partial charge in [0, 0.05) is 9.90 Å². The van der Waals surface area contributed by atoms with E-state index >= 15 is 0 Å². The topological polar surface area (TPSA) is 65.7 Å². The molecule has 0 radical (unpaired) electrons. The number of methoxy groups -OCH3 is 1. The Kier molecular flexibility index (Phi) is 6.15. The average Bonchev–Trinajstić information content (AvgIpc) is 3.23.